The molecule has 0 aliphatic rings. The van der Waals surface area contributed by atoms with E-state index in [0.29, 0.717) is 46.7 Å². The molecule has 3 aromatic carbocycles. The summed E-state index contributed by atoms with van der Waals surface area (Å²) in [5.74, 6) is 1.36. The fourth-order valence-electron chi connectivity index (χ4n) is 2.86. The fraction of sp³-hybridized carbons (Fsp3) is 0.250. The normalized spacial score (nSPS) is 9.51. The monoisotopic (exact) mass is 542 g/mol. The Labute approximate surface area is 215 Å². The average Bonchev–Trinajstić information content (AvgIpc) is 2.85. The number of hydrogen-bond acceptors (Lipinski definition) is 6. The zero-order valence-corrected chi connectivity index (χ0v) is 22.0. The first-order valence-electron chi connectivity index (χ1n) is 11.1. The van der Waals surface area contributed by atoms with E-state index in [2.05, 4.69) is 15.9 Å². The van der Waals surface area contributed by atoms with Crippen LogP contribution in [0, 0.1) is 0 Å². The second kappa shape index (κ2) is 16.2. The van der Waals surface area contributed by atoms with E-state index in [1.165, 1.54) is 19.9 Å². The molecular weight excluding hydrogens is 512 g/mol. The Morgan fingerprint density at radius 3 is 1.49 bits per heavy atom. The van der Waals surface area contributed by atoms with Gasteiger partial charge in [-0.3, -0.25) is 14.4 Å². The number of rotatable bonds is 8. The molecule has 0 saturated carbocycles. The summed E-state index contributed by atoms with van der Waals surface area (Å²) in [4.78, 5) is 33.1. The van der Waals surface area contributed by atoms with E-state index in [9.17, 15) is 14.4 Å². The van der Waals surface area contributed by atoms with Gasteiger partial charge in [0.05, 0.1) is 35.2 Å². The van der Waals surface area contributed by atoms with Crippen LogP contribution in [-0.4, -0.2) is 41.0 Å². The van der Waals surface area contributed by atoms with Crippen molar-refractivity contribution in [1.29, 1.82) is 0 Å². The minimum absolute atomic E-state index is 0.0408. The van der Waals surface area contributed by atoms with Crippen molar-refractivity contribution in [3.05, 3.63) is 89.5 Å². The number of halogens is 1. The third-order valence-electron chi connectivity index (χ3n) is 4.46. The van der Waals surface area contributed by atoms with Gasteiger partial charge in [-0.15, -0.1) is 0 Å². The molecule has 0 aliphatic heterocycles. The molecule has 3 aromatic rings. The van der Waals surface area contributed by atoms with Gasteiger partial charge in [-0.05, 0) is 64.1 Å². The molecule has 6 nitrogen and oxygen atoms in total. The summed E-state index contributed by atoms with van der Waals surface area (Å²) in [5.41, 5.74) is 1.67. The SMILES string of the molecule is CC(=O)c1ccccc1O.CCOc1ccccc1C(=O)CBr.CCOc1ccccc1C(C)=O. The van der Waals surface area contributed by atoms with Crippen LogP contribution in [0.25, 0.3) is 0 Å². The highest BCUT2D eigenvalue weighted by molar-refractivity contribution is 9.09. The molecule has 3 rings (SSSR count). The van der Waals surface area contributed by atoms with Gasteiger partial charge in [0.2, 0.25) is 0 Å². The highest BCUT2D eigenvalue weighted by Crippen LogP contribution is 2.19. The van der Waals surface area contributed by atoms with Gasteiger partial charge in [0, 0.05) is 0 Å². The van der Waals surface area contributed by atoms with E-state index in [0.717, 1.165) is 0 Å². The van der Waals surface area contributed by atoms with Gasteiger partial charge >= 0.3 is 0 Å². The molecular formula is C28H31BrO6. The first-order valence-corrected chi connectivity index (χ1v) is 12.2. The maximum atomic E-state index is 11.4. The molecule has 0 saturated heterocycles. The summed E-state index contributed by atoms with van der Waals surface area (Å²) in [6.07, 6.45) is 0. The van der Waals surface area contributed by atoms with Crippen LogP contribution in [0.15, 0.2) is 72.8 Å². The smallest absolute Gasteiger partial charge is 0.177 e. The molecule has 0 atom stereocenters. The van der Waals surface area contributed by atoms with Crippen LogP contribution in [-0.2, 0) is 0 Å². The van der Waals surface area contributed by atoms with Crippen molar-refractivity contribution in [3.63, 3.8) is 0 Å². The zero-order chi connectivity index (χ0) is 26.2. The second-order valence-electron chi connectivity index (χ2n) is 7.04. The van der Waals surface area contributed by atoms with Crippen LogP contribution in [0.3, 0.4) is 0 Å². The Morgan fingerprint density at radius 2 is 1.09 bits per heavy atom. The van der Waals surface area contributed by atoms with Crippen molar-refractivity contribution in [2.75, 3.05) is 18.5 Å². The number of Topliss-reactive ketones (excluding diaryl/α,β-unsaturated/α-hetero) is 3. The van der Waals surface area contributed by atoms with Crippen molar-refractivity contribution in [3.8, 4) is 17.2 Å². The van der Waals surface area contributed by atoms with Crippen molar-refractivity contribution in [2.24, 2.45) is 0 Å². The van der Waals surface area contributed by atoms with Crippen LogP contribution in [0.1, 0.15) is 58.8 Å². The number of carbonyl (C=O) groups is 3. The number of para-hydroxylation sites is 3. The van der Waals surface area contributed by atoms with E-state index in [1.54, 1.807) is 42.5 Å². The number of phenolic OH excluding ortho intramolecular Hbond substituents is 1. The summed E-state index contributed by atoms with van der Waals surface area (Å²) in [6.45, 7) is 7.93. The lowest BCUT2D eigenvalue weighted by Gasteiger charge is -2.07. The average molecular weight is 543 g/mol. The van der Waals surface area contributed by atoms with E-state index in [-0.39, 0.29) is 23.1 Å². The van der Waals surface area contributed by atoms with Crippen LogP contribution >= 0.6 is 15.9 Å². The highest BCUT2D eigenvalue weighted by atomic mass is 79.9. The number of ether oxygens (including phenoxy) is 2. The number of ketones is 3. The van der Waals surface area contributed by atoms with Crippen LogP contribution in [0.4, 0.5) is 0 Å². The molecule has 0 aliphatic carbocycles. The second-order valence-corrected chi connectivity index (χ2v) is 7.61. The number of phenols is 1. The van der Waals surface area contributed by atoms with Crippen LogP contribution in [0.2, 0.25) is 0 Å². The highest BCUT2D eigenvalue weighted by Gasteiger charge is 2.09. The summed E-state index contributed by atoms with van der Waals surface area (Å²) in [5, 5.41) is 9.39. The maximum absolute atomic E-state index is 11.4. The van der Waals surface area contributed by atoms with Gasteiger partial charge in [0.15, 0.2) is 17.3 Å². The predicted octanol–water partition coefficient (Wildman–Crippen LogP) is 6.55. The van der Waals surface area contributed by atoms with Crippen molar-refractivity contribution >= 4 is 33.3 Å². The van der Waals surface area contributed by atoms with Gasteiger partial charge in [0.25, 0.3) is 0 Å². The van der Waals surface area contributed by atoms with Crippen LogP contribution < -0.4 is 9.47 Å². The Bertz CT molecular complexity index is 1110. The minimum Gasteiger partial charge on any atom is -0.507 e. The lowest BCUT2D eigenvalue weighted by molar-refractivity contribution is 0.100. The van der Waals surface area contributed by atoms with Gasteiger partial charge < -0.3 is 14.6 Å². The molecule has 0 bridgehead atoms. The fourth-order valence-corrected chi connectivity index (χ4v) is 3.16. The summed E-state index contributed by atoms with van der Waals surface area (Å²) in [6, 6.07) is 21.0. The maximum Gasteiger partial charge on any atom is 0.177 e. The number of carbonyl (C=O) groups excluding carboxylic acids is 3. The molecule has 7 heteroatoms. The van der Waals surface area contributed by atoms with Gasteiger partial charge in [-0.25, -0.2) is 0 Å². The molecule has 0 amide bonds. The molecule has 186 valence electrons. The number of hydrogen-bond donors (Lipinski definition) is 1. The van der Waals surface area contributed by atoms with E-state index in [4.69, 9.17) is 14.6 Å². The molecule has 0 radical (unpaired) electrons. The lowest BCUT2D eigenvalue weighted by Crippen LogP contribution is -2.04. The van der Waals surface area contributed by atoms with E-state index < -0.39 is 0 Å². The number of aromatic hydroxyl groups is 1. The Hall–Kier alpha value is -3.45. The number of benzene rings is 3. The molecule has 35 heavy (non-hydrogen) atoms. The summed E-state index contributed by atoms with van der Waals surface area (Å²) >= 11 is 3.13. The molecule has 0 unspecified atom stereocenters. The zero-order valence-electron chi connectivity index (χ0n) is 20.4. The molecule has 0 spiro atoms. The third kappa shape index (κ3) is 10.1. The summed E-state index contributed by atoms with van der Waals surface area (Å²) < 4.78 is 10.6. The van der Waals surface area contributed by atoms with Gasteiger partial charge in [-0.2, -0.15) is 0 Å². The largest absolute Gasteiger partial charge is 0.507 e. The number of alkyl halides is 1. The van der Waals surface area contributed by atoms with Crippen molar-refractivity contribution in [2.45, 2.75) is 27.7 Å². The molecule has 0 aromatic heterocycles. The quantitative estimate of drug-likeness (QED) is 0.256. The standard InChI is InChI=1S/C10H11BrO2.C10H12O2.C8H8O2/c1-2-13-10-6-4-3-5-8(10)9(12)7-11;1-3-12-10-7-5-4-6-9(10)8(2)11;1-6(9)7-4-2-3-5-8(7)10/h3-6H,2,7H2,1H3;4-7H,3H2,1-2H3;2-5,10H,1H3. The van der Waals surface area contributed by atoms with Gasteiger partial charge in [-0.1, -0.05) is 52.3 Å². The third-order valence-corrected chi connectivity index (χ3v) is 4.97. The minimum atomic E-state index is -0.113. The lowest BCUT2D eigenvalue weighted by atomic mass is 10.1. The molecule has 0 heterocycles. The predicted molar refractivity (Wildman–Crippen MR) is 141 cm³/mol. The van der Waals surface area contributed by atoms with Crippen molar-refractivity contribution < 1.29 is 29.0 Å². The molecule has 0 fully saturated rings. The van der Waals surface area contributed by atoms with Gasteiger partial charge in [0.1, 0.15) is 17.2 Å². The first kappa shape index (κ1) is 29.6. The van der Waals surface area contributed by atoms with Crippen molar-refractivity contribution in [1.82, 2.24) is 0 Å². The summed E-state index contributed by atoms with van der Waals surface area (Å²) in [7, 11) is 0. The first-order chi connectivity index (χ1) is 16.8. The Balaban J connectivity index is 0.000000265. The van der Waals surface area contributed by atoms with E-state index >= 15 is 0 Å². The topological polar surface area (TPSA) is 89.9 Å². The Morgan fingerprint density at radius 1 is 0.686 bits per heavy atom. The molecule has 1 N–H and O–H groups in total. The Kier molecular flexibility index (Phi) is 13.7. The van der Waals surface area contributed by atoms with E-state index in [1.807, 2.05) is 38.1 Å². The van der Waals surface area contributed by atoms with Crippen LogP contribution in [0.5, 0.6) is 17.2 Å².